The van der Waals surface area contributed by atoms with Gasteiger partial charge >= 0.3 is 7.12 Å². The molecule has 0 radical (unpaired) electrons. The maximum absolute atomic E-state index is 14.2. The van der Waals surface area contributed by atoms with E-state index in [9.17, 15) is 4.39 Å². The van der Waals surface area contributed by atoms with Crippen molar-refractivity contribution < 1.29 is 18.8 Å². The second-order valence-electron chi connectivity index (χ2n) is 6.85. The smallest absolute Gasteiger partial charge is 0.400 e. The summed E-state index contributed by atoms with van der Waals surface area (Å²) in [6, 6.07) is 4.70. The molecule has 0 aliphatic carbocycles. The highest BCUT2D eigenvalue weighted by atomic mass is 19.1. The van der Waals surface area contributed by atoms with E-state index in [1.54, 1.807) is 18.2 Å². The number of hydrogen-bond acceptors (Lipinski definition) is 4. The van der Waals surface area contributed by atoms with E-state index >= 15 is 0 Å². The first kappa shape index (κ1) is 18.1. The number of likely N-dealkylation sites (N-methyl/N-ethyl adjacent to an activating group) is 1. The number of nitrogens with one attached hydrogen (secondary N) is 1. The van der Waals surface area contributed by atoms with E-state index in [-0.39, 0.29) is 12.4 Å². The van der Waals surface area contributed by atoms with Crippen molar-refractivity contribution in [2.75, 3.05) is 13.6 Å². The third-order valence-electron chi connectivity index (χ3n) is 4.53. The van der Waals surface area contributed by atoms with Crippen LogP contribution in [0.3, 0.4) is 0 Å². The summed E-state index contributed by atoms with van der Waals surface area (Å²) in [5.74, 6) is -0.373. The van der Waals surface area contributed by atoms with Crippen LogP contribution in [-0.4, -0.2) is 37.0 Å². The first-order valence-corrected chi connectivity index (χ1v) is 7.80. The molecule has 1 aromatic rings. The van der Waals surface area contributed by atoms with Crippen molar-refractivity contribution >= 4 is 13.2 Å². The molecular formula is C17H25BFNO3. The number of rotatable bonds is 5. The fourth-order valence-electron chi connectivity index (χ4n) is 2.39. The zero-order valence-electron chi connectivity index (χ0n) is 14.4. The Morgan fingerprint density at radius 3 is 2.35 bits per heavy atom. The first-order chi connectivity index (χ1) is 10.7. The largest absolute Gasteiger partial charge is 0.491 e. The molecule has 0 spiro atoms. The molecule has 23 heavy (non-hydrogen) atoms. The molecule has 1 aliphatic rings. The highest BCUT2D eigenvalue weighted by Crippen LogP contribution is 2.38. The van der Waals surface area contributed by atoms with Crippen molar-refractivity contribution in [1.82, 2.24) is 5.32 Å². The quantitative estimate of drug-likeness (QED) is 0.819. The Bertz CT molecular complexity index is 586. The second-order valence-corrected chi connectivity index (χ2v) is 6.85. The number of hydrogen-bond donors (Lipinski definition) is 2. The van der Waals surface area contributed by atoms with Crippen molar-refractivity contribution in [2.24, 2.45) is 0 Å². The topological polar surface area (TPSA) is 50.7 Å². The van der Waals surface area contributed by atoms with E-state index in [4.69, 9.17) is 14.4 Å². The van der Waals surface area contributed by atoms with Crippen LogP contribution < -0.4 is 5.32 Å². The monoisotopic (exact) mass is 321 g/mol. The van der Waals surface area contributed by atoms with E-state index in [1.807, 2.05) is 34.7 Å². The number of halogens is 1. The highest BCUT2D eigenvalue weighted by molar-refractivity contribution is 6.55. The predicted octanol–water partition coefficient (Wildman–Crippen LogP) is 2.55. The Balaban J connectivity index is 2.32. The summed E-state index contributed by atoms with van der Waals surface area (Å²) in [6.45, 7) is 8.29. The zero-order chi connectivity index (χ0) is 17.3. The molecule has 0 bridgehead atoms. The SMILES string of the molecule is CNCC(=Cc1ccc(CO)cc1F)B1OC(C)(C)C(C)(C)O1. The standard InChI is InChI=1S/C17H25BFNO3/c1-16(2)17(3,4)23-18(22-16)14(10-20-5)9-13-7-6-12(11-21)8-15(13)19/h6-9,20-21H,10-11H2,1-5H3. The molecule has 0 saturated carbocycles. The van der Waals surface area contributed by atoms with E-state index < -0.39 is 18.3 Å². The van der Waals surface area contributed by atoms with Gasteiger partial charge in [-0.05, 0) is 51.8 Å². The van der Waals surface area contributed by atoms with Gasteiger partial charge in [0, 0.05) is 12.1 Å². The van der Waals surface area contributed by atoms with Gasteiger partial charge in [-0.3, -0.25) is 0 Å². The first-order valence-electron chi connectivity index (χ1n) is 7.80. The van der Waals surface area contributed by atoms with Gasteiger partial charge < -0.3 is 19.7 Å². The van der Waals surface area contributed by atoms with Crippen LogP contribution in [0.4, 0.5) is 4.39 Å². The fourth-order valence-corrected chi connectivity index (χ4v) is 2.39. The van der Waals surface area contributed by atoms with Gasteiger partial charge in [0.2, 0.25) is 0 Å². The molecule has 0 amide bonds. The van der Waals surface area contributed by atoms with E-state index in [1.165, 1.54) is 6.07 Å². The lowest BCUT2D eigenvalue weighted by Gasteiger charge is -2.32. The van der Waals surface area contributed by atoms with Gasteiger partial charge in [-0.1, -0.05) is 18.2 Å². The molecule has 1 aliphatic heterocycles. The van der Waals surface area contributed by atoms with Gasteiger partial charge in [-0.2, -0.15) is 0 Å². The Morgan fingerprint density at radius 2 is 1.87 bits per heavy atom. The Morgan fingerprint density at radius 1 is 1.26 bits per heavy atom. The maximum atomic E-state index is 14.2. The molecule has 0 atom stereocenters. The molecule has 4 nitrogen and oxygen atoms in total. The average molecular weight is 321 g/mol. The van der Waals surface area contributed by atoms with Gasteiger partial charge in [0.05, 0.1) is 17.8 Å². The molecule has 0 unspecified atom stereocenters. The Labute approximate surface area is 137 Å². The summed E-state index contributed by atoms with van der Waals surface area (Å²) in [6.07, 6.45) is 1.75. The summed E-state index contributed by atoms with van der Waals surface area (Å²) in [7, 11) is 1.30. The number of benzene rings is 1. The lowest BCUT2D eigenvalue weighted by Crippen LogP contribution is -2.41. The van der Waals surface area contributed by atoms with Crippen molar-refractivity contribution in [2.45, 2.75) is 45.5 Å². The maximum Gasteiger partial charge on any atom is 0.491 e. The van der Waals surface area contributed by atoms with Crippen molar-refractivity contribution in [3.8, 4) is 0 Å². The lowest BCUT2D eigenvalue weighted by atomic mass is 9.77. The third kappa shape index (κ3) is 3.83. The minimum atomic E-state index is -0.524. The Kier molecular flexibility index (Phi) is 5.31. The molecule has 1 fully saturated rings. The van der Waals surface area contributed by atoms with E-state index in [2.05, 4.69) is 5.32 Å². The third-order valence-corrected chi connectivity index (χ3v) is 4.53. The molecule has 6 heteroatoms. The summed E-state index contributed by atoms with van der Waals surface area (Å²) < 4.78 is 26.3. The van der Waals surface area contributed by atoms with E-state index in [0.29, 0.717) is 17.7 Å². The summed E-state index contributed by atoms with van der Waals surface area (Å²) in [5, 5.41) is 12.1. The fraction of sp³-hybridized carbons (Fsp3) is 0.529. The van der Waals surface area contributed by atoms with Crippen LogP contribution in [0.15, 0.2) is 23.7 Å². The van der Waals surface area contributed by atoms with Crippen molar-refractivity contribution in [3.63, 3.8) is 0 Å². The van der Waals surface area contributed by atoms with Crippen molar-refractivity contribution in [3.05, 3.63) is 40.6 Å². The van der Waals surface area contributed by atoms with Crippen LogP contribution in [0.5, 0.6) is 0 Å². The zero-order valence-corrected chi connectivity index (χ0v) is 14.4. The molecule has 126 valence electrons. The van der Waals surface area contributed by atoms with Gasteiger partial charge in [-0.25, -0.2) is 4.39 Å². The molecular weight excluding hydrogens is 296 g/mol. The minimum absolute atomic E-state index is 0.179. The van der Waals surface area contributed by atoms with Crippen molar-refractivity contribution in [1.29, 1.82) is 0 Å². The second kappa shape index (κ2) is 6.73. The van der Waals surface area contributed by atoms with Gasteiger partial charge in [0.1, 0.15) is 5.82 Å². The molecule has 1 heterocycles. The summed E-state index contributed by atoms with van der Waals surface area (Å²) in [4.78, 5) is 0. The molecule has 2 N–H and O–H groups in total. The van der Waals surface area contributed by atoms with Gasteiger partial charge in [0.15, 0.2) is 0 Å². The van der Waals surface area contributed by atoms with Gasteiger partial charge in [0.25, 0.3) is 0 Å². The van der Waals surface area contributed by atoms with E-state index in [0.717, 1.165) is 5.47 Å². The minimum Gasteiger partial charge on any atom is -0.400 e. The van der Waals surface area contributed by atoms with Crippen LogP contribution in [0, 0.1) is 5.82 Å². The molecule has 0 aromatic heterocycles. The molecule has 1 aromatic carbocycles. The predicted molar refractivity (Wildman–Crippen MR) is 90.3 cm³/mol. The number of aliphatic hydroxyl groups is 1. The molecule has 1 saturated heterocycles. The summed E-state index contributed by atoms with van der Waals surface area (Å²) in [5.41, 5.74) is 0.933. The Hall–Kier alpha value is -1.21. The van der Waals surface area contributed by atoms with Gasteiger partial charge in [-0.15, -0.1) is 0 Å². The van der Waals surface area contributed by atoms with Crippen LogP contribution in [0.2, 0.25) is 0 Å². The normalized spacial score (nSPS) is 20.1. The molecule has 2 rings (SSSR count). The van der Waals surface area contributed by atoms with Crippen LogP contribution in [0.25, 0.3) is 6.08 Å². The van der Waals surface area contributed by atoms with Crippen LogP contribution in [-0.2, 0) is 15.9 Å². The average Bonchev–Trinajstić information content (AvgIpc) is 2.68. The number of aliphatic hydroxyl groups excluding tert-OH is 1. The van der Waals surface area contributed by atoms with Crippen LogP contribution >= 0.6 is 0 Å². The van der Waals surface area contributed by atoms with Crippen LogP contribution in [0.1, 0.15) is 38.8 Å². The summed E-state index contributed by atoms with van der Waals surface area (Å²) >= 11 is 0. The lowest BCUT2D eigenvalue weighted by molar-refractivity contribution is 0.00578. The highest BCUT2D eigenvalue weighted by Gasteiger charge is 2.52.